The van der Waals surface area contributed by atoms with Crippen LogP contribution in [-0.4, -0.2) is 66.6 Å². The van der Waals surface area contributed by atoms with E-state index in [9.17, 15) is 19.5 Å². The van der Waals surface area contributed by atoms with Crippen LogP contribution in [-0.2, 0) is 19.0 Å². The van der Waals surface area contributed by atoms with Gasteiger partial charge >= 0.3 is 12.0 Å². The molecule has 4 atom stereocenters. The van der Waals surface area contributed by atoms with Gasteiger partial charge in [-0.05, 0) is 44.2 Å². The highest BCUT2D eigenvalue weighted by atomic mass is 16.8. The Labute approximate surface area is 232 Å². The molecular formula is C27H25N7O7. The third-order valence-electron chi connectivity index (χ3n) is 6.56. The van der Waals surface area contributed by atoms with Gasteiger partial charge in [-0.1, -0.05) is 24.3 Å². The second-order valence-corrected chi connectivity index (χ2v) is 9.88. The van der Waals surface area contributed by atoms with Crippen molar-refractivity contribution in [2.75, 3.05) is 16.0 Å². The molecule has 2 aromatic carbocycles. The molecule has 2 saturated heterocycles. The van der Waals surface area contributed by atoms with Crippen LogP contribution in [0.5, 0.6) is 0 Å². The van der Waals surface area contributed by atoms with Crippen molar-refractivity contribution < 1.29 is 33.7 Å². The summed E-state index contributed by atoms with van der Waals surface area (Å²) in [6.45, 7) is 3.46. The van der Waals surface area contributed by atoms with Crippen molar-refractivity contribution in [3.05, 3.63) is 72.8 Å². The molecule has 0 saturated carbocycles. The number of aromatic carboxylic acids is 1. The van der Waals surface area contributed by atoms with Gasteiger partial charge in [-0.2, -0.15) is 0 Å². The third kappa shape index (κ3) is 5.18. The number of amides is 3. The van der Waals surface area contributed by atoms with Gasteiger partial charge in [0.15, 0.2) is 35.1 Å². The number of para-hydroxylation sites is 1. The SMILES string of the molecule is CC1(C)OC2C(C(=O)Nc3cccc(C(=O)O)c3)OC(n3cnc4c(NC(=O)Nc5ccccc5)ncnc43)C2O1. The fourth-order valence-electron chi connectivity index (χ4n) is 4.88. The Bertz CT molecular complexity index is 1640. The number of hydrogen-bond donors (Lipinski definition) is 4. The Balaban J connectivity index is 1.25. The smallest absolute Gasteiger partial charge is 0.335 e. The number of benzene rings is 2. The average Bonchev–Trinajstić information content (AvgIpc) is 3.60. The van der Waals surface area contributed by atoms with E-state index in [-0.39, 0.29) is 11.4 Å². The fourth-order valence-corrected chi connectivity index (χ4v) is 4.88. The molecule has 4 unspecified atom stereocenters. The van der Waals surface area contributed by atoms with Gasteiger partial charge in [0.05, 0.1) is 11.9 Å². The number of urea groups is 1. The van der Waals surface area contributed by atoms with Crippen molar-refractivity contribution in [3.63, 3.8) is 0 Å². The first-order valence-electron chi connectivity index (χ1n) is 12.6. The number of carboxylic acid groups (broad SMARTS) is 1. The lowest BCUT2D eigenvalue weighted by molar-refractivity contribution is -0.196. The Morgan fingerprint density at radius 1 is 0.902 bits per heavy atom. The van der Waals surface area contributed by atoms with E-state index < -0.39 is 48.2 Å². The predicted octanol–water partition coefficient (Wildman–Crippen LogP) is 3.22. The molecular weight excluding hydrogens is 534 g/mol. The summed E-state index contributed by atoms with van der Waals surface area (Å²) in [5.41, 5.74) is 1.56. The lowest BCUT2D eigenvalue weighted by atomic mass is 10.1. The number of anilines is 3. The number of ether oxygens (including phenoxy) is 3. The van der Waals surface area contributed by atoms with E-state index in [1.54, 1.807) is 48.7 Å². The monoisotopic (exact) mass is 559 g/mol. The molecule has 2 aromatic heterocycles. The minimum Gasteiger partial charge on any atom is -0.478 e. The number of carbonyl (C=O) groups is 3. The molecule has 210 valence electrons. The van der Waals surface area contributed by atoms with Gasteiger partial charge in [-0.15, -0.1) is 0 Å². The van der Waals surface area contributed by atoms with E-state index in [2.05, 4.69) is 30.9 Å². The van der Waals surface area contributed by atoms with Crippen molar-refractivity contribution in [2.24, 2.45) is 0 Å². The van der Waals surface area contributed by atoms with E-state index in [0.717, 1.165) is 0 Å². The fraction of sp³-hybridized carbons (Fsp3) is 0.259. The minimum atomic E-state index is -1.12. The second-order valence-electron chi connectivity index (χ2n) is 9.88. The highest BCUT2D eigenvalue weighted by Gasteiger charge is 2.58. The predicted molar refractivity (Wildman–Crippen MR) is 144 cm³/mol. The van der Waals surface area contributed by atoms with Gasteiger partial charge < -0.3 is 30.0 Å². The number of imidazole rings is 1. The normalized spacial score (nSPS) is 22.7. The first-order valence-corrected chi connectivity index (χ1v) is 12.6. The van der Waals surface area contributed by atoms with Crippen LogP contribution in [0.2, 0.25) is 0 Å². The first kappa shape index (κ1) is 26.3. The van der Waals surface area contributed by atoms with Crippen LogP contribution in [0.25, 0.3) is 11.2 Å². The summed E-state index contributed by atoms with van der Waals surface area (Å²) in [5, 5.41) is 17.4. The number of nitrogens with one attached hydrogen (secondary N) is 3. The van der Waals surface area contributed by atoms with Gasteiger partial charge in [0.25, 0.3) is 5.91 Å². The molecule has 41 heavy (non-hydrogen) atoms. The van der Waals surface area contributed by atoms with Crippen molar-refractivity contribution in [1.82, 2.24) is 19.5 Å². The Hall–Kier alpha value is -4.92. The maximum Gasteiger partial charge on any atom is 0.335 e. The Kier molecular flexibility index (Phi) is 6.57. The number of carboxylic acids is 1. The molecule has 14 nitrogen and oxygen atoms in total. The van der Waals surface area contributed by atoms with Crippen molar-refractivity contribution in [3.8, 4) is 0 Å². The van der Waals surface area contributed by atoms with E-state index in [4.69, 9.17) is 14.2 Å². The van der Waals surface area contributed by atoms with Crippen LogP contribution in [0.3, 0.4) is 0 Å². The van der Waals surface area contributed by atoms with Crippen LogP contribution in [0.15, 0.2) is 67.3 Å². The molecule has 0 aliphatic carbocycles. The summed E-state index contributed by atoms with van der Waals surface area (Å²) in [6, 6.07) is 14.3. The van der Waals surface area contributed by atoms with Gasteiger partial charge in [-0.25, -0.2) is 24.5 Å². The molecule has 4 heterocycles. The van der Waals surface area contributed by atoms with E-state index in [0.29, 0.717) is 22.5 Å². The minimum absolute atomic E-state index is 0.0268. The van der Waals surface area contributed by atoms with Crippen molar-refractivity contribution in [1.29, 1.82) is 0 Å². The standard InChI is InChI=1S/C27H25N7O7/c1-27(2)40-18-19(23(35)31-16-10-6-7-14(11-16)25(36)37)39-24(20(18)41-27)34-13-30-17-21(28-12-29-22(17)34)33-26(38)32-15-8-4-3-5-9-15/h3-13,18-20,24H,1-2H3,(H,31,35)(H,36,37)(H2,28,29,32,33,38). The van der Waals surface area contributed by atoms with E-state index in [1.165, 1.54) is 30.9 Å². The Morgan fingerprint density at radius 2 is 1.66 bits per heavy atom. The zero-order valence-electron chi connectivity index (χ0n) is 21.8. The van der Waals surface area contributed by atoms with Crippen molar-refractivity contribution in [2.45, 2.75) is 44.2 Å². The third-order valence-corrected chi connectivity index (χ3v) is 6.56. The van der Waals surface area contributed by atoms with E-state index >= 15 is 0 Å². The zero-order chi connectivity index (χ0) is 28.7. The molecule has 6 rings (SSSR count). The summed E-state index contributed by atoms with van der Waals surface area (Å²) in [6.07, 6.45) is -0.724. The number of hydrogen-bond acceptors (Lipinski definition) is 9. The maximum atomic E-state index is 13.3. The van der Waals surface area contributed by atoms with Crippen LogP contribution in [0, 0.1) is 0 Å². The number of carbonyl (C=O) groups excluding carboxylic acids is 2. The number of nitrogens with zero attached hydrogens (tertiary/aromatic N) is 4. The Morgan fingerprint density at radius 3 is 2.44 bits per heavy atom. The summed E-state index contributed by atoms with van der Waals surface area (Å²) >= 11 is 0. The van der Waals surface area contributed by atoms with Gasteiger partial charge in [-0.3, -0.25) is 14.7 Å². The quantitative estimate of drug-likeness (QED) is 0.274. The molecule has 2 aliphatic heterocycles. The maximum absolute atomic E-state index is 13.3. The first-order chi connectivity index (χ1) is 19.7. The molecule has 3 amide bonds. The lowest BCUT2D eigenvalue weighted by Gasteiger charge is -2.24. The summed E-state index contributed by atoms with van der Waals surface area (Å²) in [4.78, 5) is 50.2. The van der Waals surface area contributed by atoms with Crippen LogP contribution in [0.1, 0.15) is 30.4 Å². The zero-order valence-corrected chi connectivity index (χ0v) is 21.8. The van der Waals surface area contributed by atoms with E-state index in [1.807, 2.05) is 6.07 Å². The molecule has 2 fully saturated rings. The average molecular weight is 560 g/mol. The molecule has 0 spiro atoms. The molecule has 4 N–H and O–H groups in total. The summed E-state index contributed by atoms with van der Waals surface area (Å²) in [5.74, 6) is -2.49. The number of fused-ring (bicyclic) bond motifs is 2. The summed E-state index contributed by atoms with van der Waals surface area (Å²) < 4.78 is 19.9. The van der Waals surface area contributed by atoms with Crippen molar-refractivity contribution >= 4 is 46.3 Å². The molecule has 14 heteroatoms. The van der Waals surface area contributed by atoms with Gasteiger partial charge in [0.1, 0.15) is 18.5 Å². The largest absolute Gasteiger partial charge is 0.478 e. The molecule has 0 radical (unpaired) electrons. The number of rotatable bonds is 6. The molecule has 4 aromatic rings. The van der Waals surface area contributed by atoms with Gasteiger partial charge in [0, 0.05) is 11.4 Å². The topological polar surface area (TPSA) is 179 Å². The summed E-state index contributed by atoms with van der Waals surface area (Å²) in [7, 11) is 0. The van der Waals surface area contributed by atoms with Gasteiger partial charge in [0.2, 0.25) is 0 Å². The van der Waals surface area contributed by atoms with Crippen LogP contribution in [0.4, 0.5) is 22.0 Å². The highest BCUT2D eigenvalue weighted by molar-refractivity contribution is 6.03. The second kappa shape index (κ2) is 10.2. The molecule has 2 aliphatic rings. The number of aromatic nitrogens is 4. The lowest BCUT2D eigenvalue weighted by Crippen LogP contribution is -2.39. The van der Waals surface area contributed by atoms with Crippen LogP contribution < -0.4 is 16.0 Å². The van der Waals surface area contributed by atoms with Crippen LogP contribution >= 0.6 is 0 Å². The molecule has 0 bridgehead atoms. The highest BCUT2D eigenvalue weighted by Crippen LogP contribution is 2.44.